The van der Waals surface area contributed by atoms with E-state index in [-0.39, 0.29) is 5.54 Å². The van der Waals surface area contributed by atoms with Gasteiger partial charge in [-0.25, -0.2) is 0 Å². The molecule has 1 unspecified atom stereocenters. The molecule has 1 atom stereocenters. The molecule has 0 amide bonds. The lowest BCUT2D eigenvalue weighted by Crippen LogP contribution is -2.42. The highest BCUT2D eigenvalue weighted by atomic mass is 15.1. The van der Waals surface area contributed by atoms with Crippen LogP contribution < -0.4 is 5.32 Å². The number of nitriles is 1. The second-order valence-electron chi connectivity index (χ2n) is 6.47. The maximum Gasteiger partial charge on any atom is 0.103 e. The SMILES string of the molecule is CCNC(C)(C#N)CCCN(C)C1CCC(C)CC1. The maximum absolute atomic E-state index is 9.23. The highest BCUT2D eigenvalue weighted by Gasteiger charge is 2.24. The minimum atomic E-state index is -0.351. The highest BCUT2D eigenvalue weighted by Crippen LogP contribution is 2.26. The molecule has 1 rings (SSSR count). The molecule has 1 N–H and O–H groups in total. The summed E-state index contributed by atoms with van der Waals surface area (Å²) < 4.78 is 0. The molecule has 0 bridgehead atoms. The fourth-order valence-electron chi connectivity index (χ4n) is 3.12. The zero-order valence-corrected chi connectivity index (χ0v) is 13.2. The van der Waals surface area contributed by atoms with Crippen molar-refractivity contribution in [3.8, 4) is 6.07 Å². The van der Waals surface area contributed by atoms with Gasteiger partial charge in [-0.2, -0.15) is 5.26 Å². The van der Waals surface area contributed by atoms with Gasteiger partial charge in [-0.15, -0.1) is 0 Å². The summed E-state index contributed by atoms with van der Waals surface area (Å²) in [7, 11) is 2.25. The molecular formula is C16H31N3. The number of hydrogen-bond acceptors (Lipinski definition) is 3. The average Bonchev–Trinajstić information content (AvgIpc) is 2.39. The lowest BCUT2D eigenvalue weighted by Gasteiger charge is -2.34. The Morgan fingerprint density at radius 3 is 2.47 bits per heavy atom. The van der Waals surface area contributed by atoms with Crippen LogP contribution in [0, 0.1) is 17.2 Å². The van der Waals surface area contributed by atoms with E-state index in [1.807, 2.05) is 6.92 Å². The largest absolute Gasteiger partial charge is 0.303 e. The van der Waals surface area contributed by atoms with Gasteiger partial charge < -0.3 is 4.90 Å². The Balaban J connectivity index is 2.26. The molecule has 0 aromatic carbocycles. The number of nitrogens with one attached hydrogen (secondary N) is 1. The Bertz CT molecular complexity index is 289. The van der Waals surface area contributed by atoms with Crippen molar-refractivity contribution < 1.29 is 0 Å². The molecule has 0 aromatic heterocycles. The number of nitrogens with zero attached hydrogens (tertiary/aromatic N) is 2. The Kier molecular flexibility index (Phi) is 6.82. The summed E-state index contributed by atoms with van der Waals surface area (Å²) >= 11 is 0. The Morgan fingerprint density at radius 1 is 1.32 bits per heavy atom. The van der Waals surface area contributed by atoms with Crippen LogP contribution in [0.1, 0.15) is 59.3 Å². The zero-order valence-electron chi connectivity index (χ0n) is 13.2. The van der Waals surface area contributed by atoms with Gasteiger partial charge in [-0.3, -0.25) is 5.32 Å². The Hall–Kier alpha value is -0.590. The van der Waals surface area contributed by atoms with E-state index in [2.05, 4.69) is 37.2 Å². The van der Waals surface area contributed by atoms with Crippen LogP contribution in [-0.4, -0.2) is 36.6 Å². The van der Waals surface area contributed by atoms with Gasteiger partial charge in [-0.1, -0.05) is 13.8 Å². The fraction of sp³-hybridized carbons (Fsp3) is 0.938. The molecule has 19 heavy (non-hydrogen) atoms. The van der Waals surface area contributed by atoms with Crippen molar-refractivity contribution in [2.45, 2.75) is 70.9 Å². The van der Waals surface area contributed by atoms with Crippen molar-refractivity contribution >= 4 is 0 Å². The van der Waals surface area contributed by atoms with Crippen LogP contribution in [-0.2, 0) is 0 Å². The lowest BCUT2D eigenvalue weighted by atomic mass is 9.86. The number of hydrogen-bond donors (Lipinski definition) is 1. The van der Waals surface area contributed by atoms with Crippen molar-refractivity contribution in [1.82, 2.24) is 10.2 Å². The van der Waals surface area contributed by atoms with E-state index < -0.39 is 0 Å². The van der Waals surface area contributed by atoms with Crippen molar-refractivity contribution in [2.24, 2.45) is 5.92 Å². The third kappa shape index (κ3) is 5.50. The summed E-state index contributed by atoms with van der Waals surface area (Å²) in [5.41, 5.74) is -0.351. The van der Waals surface area contributed by atoms with E-state index in [0.29, 0.717) is 0 Å². The molecule has 0 spiro atoms. The first-order valence-corrected chi connectivity index (χ1v) is 7.87. The third-order valence-electron chi connectivity index (χ3n) is 4.61. The average molecular weight is 265 g/mol. The first kappa shape index (κ1) is 16.5. The van der Waals surface area contributed by atoms with Crippen molar-refractivity contribution in [2.75, 3.05) is 20.1 Å². The van der Waals surface area contributed by atoms with E-state index in [4.69, 9.17) is 0 Å². The van der Waals surface area contributed by atoms with Crippen LogP contribution in [0.25, 0.3) is 0 Å². The molecule has 110 valence electrons. The third-order valence-corrected chi connectivity index (χ3v) is 4.61. The highest BCUT2D eigenvalue weighted by molar-refractivity contribution is 5.03. The van der Waals surface area contributed by atoms with Gasteiger partial charge >= 0.3 is 0 Å². The second-order valence-corrected chi connectivity index (χ2v) is 6.47. The molecule has 3 heteroatoms. The first-order chi connectivity index (χ1) is 9.00. The summed E-state index contributed by atoms with van der Waals surface area (Å²) in [5, 5.41) is 12.5. The topological polar surface area (TPSA) is 39.1 Å². The summed E-state index contributed by atoms with van der Waals surface area (Å²) in [5.74, 6) is 0.917. The van der Waals surface area contributed by atoms with E-state index in [9.17, 15) is 5.26 Å². The molecule has 0 aromatic rings. The summed E-state index contributed by atoms with van der Waals surface area (Å²) in [6, 6.07) is 3.18. The van der Waals surface area contributed by atoms with Gasteiger partial charge in [0, 0.05) is 6.04 Å². The Labute approximate surface area is 119 Å². The molecule has 1 saturated carbocycles. The normalized spacial score (nSPS) is 26.9. The summed E-state index contributed by atoms with van der Waals surface area (Å²) in [6.45, 7) is 8.41. The predicted octanol–water partition coefficient (Wildman–Crippen LogP) is 3.17. The standard InChI is InChI=1S/C16H31N3/c1-5-18-16(3,13-17)11-6-12-19(4)15-9-7-14(2)8-10-15/h14-15,18H,5-12H2,1-4H3. The minimum absolute atomic E-state index is 0.351. The van der Waals surface area contributed by atoms with Gasteiger partial charge in [0.15, 0.2) is 0 Å². The van der Waals surface area contributed by atoms with Crippen LogP contribution in [0.15, 0.2) is 0 Å². The van der Waals surface area contributed by atoms with Crippen LogP contribution in [0.2, 0.25) is 0 Å². The van der Waals surface area contributed by atoms with Crippen LogP contribution in [0.4, 0.5) is 0 Å². The van der Waals surface area contributed by atoms with Crippen molar-refractivity contribution in [3.05, 3.63) is 0 Å². The van der Waals surface area contributed by atoms with E-state index in [1.54, 1.807) is 0 Å². The molecule has 1 aliphatic rings. The Morgan fingerprint density at radius 2 is 1.95 bits per heavy atom. The summed E-state index contributed by atoms with van der Waals surface area (Å²) in [6.07, 6.45) is 7.48. The van der Waals surface area contributed by atoms with Crippen LogP contribution in [0.5, 0.6) is 0 Å². The molecule has 0 heterocycles. The van der Waals surface area contributed by atoms with Gasteiger partial charge in [0.05, 0.1) is 6.07 Å². The van der Waals surface area contributed by atoms with E-state index >= 15 is 0 Å². The van der Waals surface area contributed by atoms with Crippen molar-refractivity contribution in [1.29, 1.82) is 5.26 Å². The van der Waals surface area contributed by atoms with Gasteiger partial charge in [0.2, 0.25) is 0 Å². The molecule has 0 radical (unpaired) electrons. The number of rotatable bonds is 7. The minimum Gasteiger partial charge on any atom is -0.303 e. The molecule has 0 aliphatic heterocycles. The smallest absolute Gasteiger partial charge is 0.103 e. The quantitative estimate of drug-likeness (QED) is 0.768. The lowest BCUT2D eigenvalue weighted by molar-refractivity contribution is 0.165. The monoisotopic (exact) mass is 265 g/mol. The predicted molar refractivity (Wildman–Crippen MR) is 81.0 cm³/mol. The van der Waals surface area contributed by atoms with Crippen LogP contribution in [0.3, 0.4) is 0 Å². The first-order valence-electron chi connectivity index (χ1n) is 7.87. The molecular weight excluding hydrogens is 234 g/mol. The van der Waals surface area contributed by atoms with Crippen molar-refractivity contribution in [3.63, 3.8) is 0 Å². The maximum atomic E-state index is 9.23. The van der Waals surface area contributed by atoms with Gasteiger partial charge in [0.25, 0.3) is 0 Å². The fourth-order valence-corrected chi connectivity index (χ4v) is 3.12. The molecule has 0 saturated heterocycles. The van der Waals surface area contributed by atoms with E-state index in [1.165, 1.54) is 25.7 Å². The molecule has 1 aliphatic carbocycles. The van der Waals surface area contributed by atoms with E-state index in [0.717, 1.165) is 37.9 Å². The summed E-state index contributed by atoms with van der Waals surface area (Å²) in [4.78, 5) is 2.51. The molecule has 1 fully saturated rings. The zero-order chi connectivity index (χ0) is 14.3. The second kappa shape index (κ2) is 7.87. The van der Waals surface area contributed by atoms with Gasteiger partial charge in [0.1, 0.15) is 5.54 Å². The molecule has 3 nitrogen and oxygen atoms in total. The van der Waals surface area contributed by atoms with Gasteiger partial charge in [-0.05, 0) is 71.5 Å². The van der Waals surface area contributed by atoms with Crippen LogP contribution >= 0.6 is 0 Å².